The molecule has 1 aromatic heterocycles. The molecule has 1 N–H and O–H groups in total. The van der Waals surface area contributed by atoms with Crippen LogP contribution in [0.3, 0.4) is 0 Å². The van der Waals surface area contributed by atoms with Gasteiger partial charge < -0.3 is 14.8 Å². The smallest absolute Gasteiger partial charge is 0.418 e. The number of amides is 1. The molecular weight excluding hydrogens is 399 g/mol. The highest BCUT2D eigenvalue weighted by Crippen LogP contribution is 2.37. The Morgan fingerprint density at radius 2 is 2.00 bits per heavy atom. The summed E-state index contributed by atoms with van der Waals surface area (Å²) in [5.41, 5.74) is -2.96. The van der Waals surface area contributed by atoms with E-state index in [1.54, 1.807) is 6.92 Å². The van der Waals surface area contributed by atoms with Crippen LogP contribution in [0.25, 0.3) is 0 Å². The van der Waals surface area contributed by atoms with Gasteiger partial charge in [-0.15, -0.1) is 0 Å². The zero-order valence-corrected chi connectivity index (χ0v) is 14.9. The topological polar surface area (TPSA) is 121 Å². The Labute approximate surface area is 161 Å². The minimum absolute atomic E-state index is 0.0184. The molecule has 1 aromatic carbocycles. The number of alkyl halides is 3. The van der Waals surface area contributed by atoms with Crippen molar-refractivity contribution < 1.29 is 37.2 Å². The van der Waals surface area contributed by atoms with Crippen LogP contribution in [-0.2, 0) is 15.7 Å². The number of ether oxygens (including phenoxy) is 2. The molecule has 2 rings (SSSR count). The Morgan fingerprint density at radius 3 is 2.62 bits per heavy atom. The molecule has 0 atom stereocenters. The first-order chi connectivity index (χ1) is 13.6. The Bertz CT molecular complexity index is 933. The number of nitro benzene ring substituents is 1. The normalized spacial score (nSPS) is 10.9. The number of carbonyl (C=O) groups is 2. The molecular formula is C17H14F3N3O6. The van der Waals surface area contributed by atoms with Crippen LogP contribution in [0.5, 0.6) is 5.88 Å². The number of non-ortho nitro benzene ring substituents is 1. The van der Waals surface area contributed by atoms with Crippen molar-refractivity contribution in [2.24, 2.45) is 0 Å². The molecule has 0 aliphatic carbocycles. The van der Waals surface area contributed by atoms with E-state index in [1.807, 2.05) is 5.32 Å². The standard InChI is InChI=1S/C17H14F3N3O6/c1-2-28-15-11(4-3-7-21-15)16(25)29-9-14(24)22-13-6-5-10(23(26)27)8-12(13)17(18,19)20/h3-8H,2,9H2,1H3,(H,22,24). The van der Waals surface area contributed by atoms with E-state index >= 15 is 0 Å². The Balaban J connectivity index is 2.10. The number of benzene rings is 1. The van der Waals surface area contributed by atoms with Crippen molar-refractivity contribution in [1.82, 2.24) is 4.98 Å². The largest absolute Gasteiger partial charge is 0.477 e. The summed E-state index contributed by atoms with van der Waals surface area (Å²) in [5, 5.41) is 12.6. The number of rotatable bonds is 7. The predicted molar refractivity (Wildman–Crippen MR) is 92.4 cm³/mol. The van der Waals surface area contributed by atoms with E-state index in [9.17, 15) is 32.9 Å². The highest BCUT2D eigenvalue weighted by atomic mass is 19.4. The van der Waals surface area contributed by atoms with Crippen LogP contribution in [0.1, 0.15) is 22.8 Å². The van der Waals surface area contributed by atoms with Crippen LogP contribution in [0.15, 0.2) is 36.5 Å². The number of nitrogens with zero attached hydrogens (tertiary/aromatic N) is 2. The van der Waals surface area contributed by atoms with Crippen molar-refractivity contribution in [2.75, 3.05) is 18.5 Å². The average Bonchev–Trinajstić information content (AvgIpc) is 2.66. The summed E-state index contributed by atoms with van der Waals surface area (Å²) < 4.78 is 49.3. The lowest BCUT2D eigenvalue weighted by Crippen LogP contribution is -2.23. The second-order valence-corrected chi connectivity index (χ2v) is 5.40. The molecule has 1 amide bonds. The number of hydrogen-bond acceptors (Lipinski definition) is 7. The summed E-state index contributed by atoms with van der Waals surface area (Å²) in [5.74, 6) is -2.05. The van der Waals surface area contributed by atoms with Gasteiger partial charge >= 0.3 is 12.1 Å². The molecule has 9 nitrogen and oxygen atoms in total. The highest BCUT2D eigenvalue weighted by molar-refractivity contribution is 5.97. The third-order valence-electron chi connectivity index (χ3n) is 3.40. The lowest BCUT2D eigenvalue weighted by Gasteiger charge is -2.14. The molecule has 0 saturated carbocycles. The molecule has 0 spiro atoms. The van der Waals surface area contributed by atoms with Crippen molar-refractivity contribution in [3.63, 3.8) is 0 Å². The van der Waals surface area contributed by atoms with Gasteiger partial charge in [0.25, 0.3) is 11.6 Å². The first kappa shape index (κ1) is 21.6. The van der Waals surface area contributed by atoms with Crippen molar-refractivity contribution in [3.05, 3.63) is 57.8 Å². The van der Waals surface area contributed by atoms with E-state index in [0.717, 1.165) is 12.1 Å². The van der Waals surface area contributed by atoms with E-state index in [1.165, 1.54) is 18.3 Å². The number of nitrogens with one attached hydrogen (secondary N) is 1. The van der Waals surface area contributed by atoms with Gasteiger partial charge in [-0.1, -0.05) is 0 Å². The average molecular weight is 413 g/mol. The molecule has 0 aliphatic rings. The van der Waals surface area contributed by atoms with Gasteiger partial charge in [0, 0.05) is 18.3 Å². The number of aromatic nitrogens is 1. The molecule has 2 aromatic rings. The van der Waals surface area contributed by atoms with Crippen LogP contribution in [-0.4, -0.2) is 35.0 Å². The number of esters is 1. The van der Waals surface area contributed by atoms with E-state index in [2.05, 4.69) is 4.98 Å². The number of hydrogen-bond donors (Lipinski definition) is 1. The second-order valence-electron chi connectivity index (χ2n) is 5.40. The number of anilines is 1. The Kier molecular flexibility index (Phi) is 6.70. The highest BCUT2D eigenvalue weighted by Gasteiger charge is 2.35. The van der Waals surface area contributed by atoms with Crippen LogP contribution in [0.2, 0.25) is 0 Å². The number of halogens is 3. The van der Waals surface area contributed by atoms with Crippen LogP contribution < -0.4 is 10.1 Å². The summed E-state index contributed by atoms with van der Waals surface area (Å²) >= 11 is 0. The van der Waals surface area contributed by atoms with Gasteiger partial charge in [-0.25, -0.2) is 9.78 Å². The second kappa shape index (κ2) is 8.99. The quantitative estimate of drug-likeness (QED) is 0.420. The predicted octanol–water partition coefficient (Wildman–Crippen LogP) is 3.20. The fraction of sp³-hybridized carbons (Fsp3) is 0.235. The third kappa shape index (κ3) is 5.64. The molecule has 0 bridgehead atoms. The summed E-state index contributed by atoms with van der Waals surface area (Å²) in [6, 6.07) is 4.63. The fourth-order valence-corrected chi connectivity index (χ4v) is 2.18. The summed E-state index contributed by atoms with van der Waals surface area (Å²) in [4.78, 5) is 37.5. The molecule has 1 heterocycles. The zero-order valence-electron chi connectivity index (χ0n) is 14.9. The van der Waals surface area contributed by atoms with Gasteiger partial charge in [0.05, 0.1) is 22.8 Å². The minimum Gasteiger partial charge on any atom is -0.477 e. The van der Waals surface area contributed by atoms with Gasteiger partial charge in [0.15, 0.2) is 6.61 Å². The van der Waals surface area contributed by atoms with Crippen LogP contribution >= 0.6 is 0 Å². The lowest BCUT2D eigenvalue weighted by atomic mass is 10.1. The number of pyridine rings is 1. The van der Waals surface area contributed by atoms with E-state index in [-0.39, 0.29) is 18.1 Å². The maximum atomic E-state index is 13.1. The molecule has 0 radical (unpaired) electrons. The van der Waals surface area contributed by atoms with Gasteiger partial charge in [0.1, 0.15) is 5.56 Å². The van der Waals surface area contributed by atoms with Gasteiger partial charge in [0.2, 0.25) is 5.88 Å². The van der Waals surface area contributed by atoms with Crippen LogP contribution in [0, 0.1) is 10.1 Å². The van der Waals surface area contributed by atoms with Crippen LogP contribution in [0.4, 0.5) is 24.5 Å². The molecule has 154 valence electrons. The molecule has 0 fully saturated rings. The minimum atomic E-state index is -4.95. The maximum Gasteiger partial charge on any atom is 0.418 e. The Hall–Kier alpha value is -3.70. The maximum absolute atomic E-state index is 13.1. The lowest BCUT2D eigenvalue weighted by molar-refractivity contribution is -0.385. The van der Waals surface area contributed by atoms with Gasteiger partial charge in [-0.3, -0.25) is 14.9 Å². The van der Waals surface area contributed by atoms with Crippen molar-refractivity contribution in [1.29, 1.82) is 0 Å². The van der Waals surface area contributed by atoms with E-state index in [0.29, 0.717) is 6.07 Å². The monoisotopic (exact) mass is 413 g/mol. The third-order valence-corrected chi connectivity index (χ3v) is 3.40. The zero-order chi connectivity index (χ0) is 21.6. The van der Waals surface area contributed by atoms with Crippen molar-refractivity contribution in [2.45, 2.75) is 13.1 Å². The van der Waals surface area contributed by atoms with E-state index < -0.39 is 46.5 Å². The van der Waals surface area contributed by atoms with E-state index in [4.69, 9.17) is 9.47 Å². The first-order valence-corrected chi connectivity index (χ1v) is 8.04. The molecule has 12 heteroatoms. The summed E-state index contributed by atoms with van der Waals surface area (Å²) in [7, 11) is 0. The molecule has 0 unspecified atom stereocenters. The molecule has 0 aliphatic heterocycles. The first-order valence-electron chi connectivity index (χ1n) is 8.04. The molecule has 0 saturated heterocycles. The summed E-state index contributed by atoms with van der Waals surface area (Å²) in [6.45, 7) is 0.991. The van der Waals surface area contributed by atoms with Gasteiger partial charge in [-0.05, 0) is 25.1 Å². The van der Waals surface area contributed by atoms with Crippen molar-refractivity contribution >= 4 is 23.3 Å². The van der Waals surface area contributed by atoms with Crippen molar-refractivity contribution in [3.8, 4) is 5.88 Å². The molecule has 29 heavy (non-hydrogen) atoms. The number of carbonyl (C=O) groups excluding carboxylic acids is 2. The number of nitro groups is 1. The SMILES string of the molecule is CCOc1ncccc1C(=O)OCC(=O)Nc1ccc([N+](=O)[O-])cc1C(F)(F)F. The Morgan fingerprint density at radius 1 is 1.28 bits per heavy atom. The summed E-state index contributed by atoms with van der Waals surface area (Å²) in [6.07, 6.45) is -3.57. The van der Waals surface area contributed by atoms with Gasteiger partial charge in [-0.2, -0.15) is 13.2 Å². The fourth-order valence-electron chi connectivity index (χ4n) is 2.18.